The zero-order valence-corrected chi connectivity index (χ0v) is 15.3. The Hall–Kier alpha value is -2.49. The summed E-state index contributed by atoms with van der Waals surface area (Å²) in [6, 6.07) is 7.87. The SMILES string of the molecule is COc1ccc(-c2cc(C(=O)O)cc(S(=O)(=O)N3CCOCC3)c2)cc1F. The zero-order valence-electron chi connectivity index (χ0n) is 14.5. The van der Waals surface area contributed by atoms with Gasteiger partial charge in [0.2, 0.25) is 10.0 Å². The first-order chi connectivity index (χ1) is 12.8. The van der Waals surface area contributed by atoms with Gasteiger partial charge < -0.3 is 14.6 Å². The average molecular weight is 395 g/mol. The van der Waals surface area contributed by atoms with Gasteiger partial charge in [0.25, 0.3) is 0 Å². The van der Waals surface area contributed by atoms with Gasteiger partial charge in [-0.1, -0.05) is 6.07 Å². The topological polar surface area (TPSA) is 93.1 Å². The van der Waals surface area contributed by atoms with Gasteiger partial charge in [0.05, 0.1) is 30.8 Å². The molecule has 2 aromatic rings. The number of benzene rings is 2. The number of hydrogen-bond donors (Lipinski definition) is 1. The molecule has 9 heteroatoms. The quantitative estimate of drug-likeness (QED) is 0.835. The van der Waals surface area contributed by atoms with Crippen molar-refractivity contribution in [1.29, 1.82) is 0 Å². The Kier molecular flexibility index (Phi) is 5.45. The molecular formula is C18H18FNO6S. The van der Waals surface area contributed by atoms with Crippen molar-refractivity contribution in [3.05, 3.63) is 47.8 Å². The van der Waals surface area contributed by atoms with Crippen molar-refractivity contribution < 1.29 is 32.2 Å². The number of nitrogens with zero attached hydrogens (tertiary/aromatic N) is 1. The molecule has 2 aromatic carbocycles. The molecule has 1 fully saturated rings. The number of sulfonamides is 1. The van der Waals surface area contributed by atoms with Crippen LogP contribution in [0.1, 0.15) is 10.4 Å². The highest BCUT2D eigenvalue weighted by molar-refractivity contribution is 7.89. The summed E-state index contributed by atoms with van der Waals surface area (Å²) in [5.41, 5.74) is 0.425. The van der Waals surface area contributed by atoms with Crippen LogP contribution in [0.25, 0.3) is 11.1 Å². The number of carboxylic acid groups (broad SMARTS) is 1. The second kappa shape index (κ2) is 7.63. The molecule has 0 amide bonds. The summed E-state index contributed by atoms with van der Waals surface area (Å²) in [6.45, 7) is 0.918. The molecule has 0 radical (unpaired) electrons. The molecule has 27 heavy (non-hydrogen) atoms. The number of methoxy groups -OCH3 is 1. The monoisotopic (exact) mass is 395 g/mol. The molecule has 0 unspecified atom stereocenters. The van der Waals surface area contributed by atoms with Crippen molar-refractivity contribution in [2.45, 2.75) is 4.90 Å². The Labute approximate surface area is 156 Å². The normalized spacial score (nSPS) is 15.5. The van der Waals surface area contributed by atoms with E-state index in [1.165, 1.54) is 41.7 Å². The maximum atomic E-state index is 14.0. The average Bonchev–Trinajstić information content (AvgIpc) is 2.68. The van der Waals surface area contributed by atoms with E-state index < -0.39 is 21.8 Å². The number of hydrogen-bond acceptors (Lipinski definition) is 5. The Balaban J connectivity index is 2.11. The number of ether oxygens (including phenoxy) is 2. The Morgan fingerprint density at radius 2 is 1.85 bits per heavy atom. The van der Waals surface area contributed by atoms with E-state index in [0.29, 0.717) is 5.56 Å². The number of carboxylic acids is 1. The molecule has 0 atom stereocenters. The van der Waals surface area contributed by atoms with Gasteiger partial charge in [-0.15, -0.1) is 0 Å². The van der Waals surface area contributed by atoms with Crippen molar-refractivity contribution in [1.82, 2.24) is 4.31 Å². The van der Waals surface area contributed by atoms with Gasteiger partial charge in [-0.05, 0) is 41.5 Å². The van der Waals surface area contributed by atoms with Crippen LogP contribution >= 0.6 is 0 Å². The summed E-state index contributed by atoms with van der Waals surface area (Å²) >= 11 is 0. The maximum Gasteiger partial charge on any atom is 0.335 e. The van der Waals surface area contributed by atoms with Crippen LogP contribution in [-0.4, -0.2) is 57.2 Å². The molecule has 0 bridgehead atoms. The smallest absolute Gasteiger partial charge is 0.335 e. The van der Waals surface area contributed by atoms with Crippen LogP contribution in [0.5, 0.6) is 5.75 Å². The number of aromatic carboxylic acids is 1. The zero-order chi connectivity index (χ0) is 19.6. The minimum atomic E-state index is -3.90. The van der Waals surface area contributed by atoms with E-state index in [1.807, 2.05) is 0 Å². The van der Waals surface area contributed by atoms with E-state index in [9.17, 15) is 22.7 Å². The Morgan fingerprint density at radius 3 is 2.44 bits per heavy atom. The molecular weight excluding hydrogens is 377 g/mol. The number of halogens is 1. The molecule has 0 saturated carbocycles. The lowest BCUT2D eigenvalue weighted by atomic mass is 10.0. The lowest BCUT2D eigenvalue weighted by Gasteiger charge is -2.26. The Morgan fingerprint density at radius 1 is 1.15 bits per heavy atom. The van der Waals surface area contributed by atoms with E-state index in [-0.39, 0.29) is 48.1 Å². The van der Waals surface area contributed by atoms with Crippen molar-refractivity contribution in [2.24, 2.45) is 0 Å². The maximum absolute atomic E-state index is 14.0. The van der Waals surface area contributed by atoms with Gasteiger partial charge in [-0.25, -0.2) is 17.6 Å². The van der Waals surface area contributed by atoms with Crippen LogP contribution in [0.3, 0.4) is 0 Å². The second-order valence-corrected chi connectivity index (χ2v) is 7.85. The fourth-order valence-corrected chi connectivity index (χ4v) is 4.30. The fourth-order valence-electron chi connectivity index (χ4n) is 2.82. The van der Waals surface area contributed by atoms with Gasteiger partial charge in [0.1, 0.15) is 0 Å². The van der Waals surface area contributed by atoms with Crippen molar-refractivity contribution >= 4 is 16.0 Å². The fraction of sp³-hybridized carbons (Fsp3) is 0.278. The summed E-state index contributed by atoms with van der Waals surface area (Å²) in [7, 11) is -2.57. The van der Waals surface area contributed by atoms with Gasteiger partial charge in [0.15, 0.2) is 11.6 Å². The lowest BCUT2D eigenvalue weighted by molar-refractivity contribution is 0.0696. The molecule has 1 aliphatic rings. The van der Waals surface area contributed by atoms with Crippen LogP contribution in [-0.2, 0) is 14.8 Å². The lowest BCUT2D eigenvalue weighted by Crippen LogP contribution is -2.40. The van der Waals surface area contributed by atoms with Crippen molar-refractivity contribution in [3.63, 3.8) is 0 Å². The van der Waals surface area contributed by atoms with Crippen LogP contribution in [0.4, 0.5) is 4.39 Å². The van der Waals surface area contributed by atoms with E-state index in [1.54, 1.807) is 0 Å². The molecule has 3 rings (SSSR count). The molecule has 0 aromatic heterocycles. The van der Waals surface area contributed by atoms with Gasteiger partial charge in [-0.2, -0.15) is 4.31 Å². The summed E-state index contributed by atoms with van der Waals surface area (Å²) in [4.78, 5) is 11.3. The molecule has 1 aliphatic heterocycles. The number of carbonyl (C=O) groups is 1. The first kappa shape index (κ1) is 19.3. The summed E-state index contributed by atoms with van der Waals surface area (Å²) < 4.78 is 51.1. The molecule has 1 N–H and O–H groups in total. The number of morpholine rings is 1. The van der Waals surface area contributed by atoms with Gasteiger partial charge in [-0.3, -0.25) is 0 Å². The standard InChI is InChI=1S/C18H18FNO6S/c1-25-17-3-2-12(11-16(17)19)13-8-14(18(21)22)10-15(9-13)27(23,24)20-4-6-26-7-5-20/h2-3,8-11H,4-7H2,1H3,(H,21,22). The molecule has 0 spiro atoms. The molecule has 1 saturated heterocycles. The molecule has 144 valence electrons. The first-order valence-electron chi connectivity index (χ1n) is 8.13. The third-order valence-corrected chi connectivity index (χ3v) is 6.12. The van der Waals surface area contributed by atoms with Crippen molar-refractivity contribution in [2.75, 3.05) is 33.4 Å². The Bertz CT molecular complexity index is 970. The van der Waals surface area contributed by atoms with E-state index >= 15 is 0 Å². The predicted molar refractivity (Wildman–Crippen MR) is 94.9 cm³/mol. The number of rotatable bonds is 5. The van der Waals surface area contributed by atoms with Crippen molar-refractivity contribution in [3.8, 4) is 16.9 Å². The molecule has 0 aliphatic carbocycles. The van der Waals surface area contributed by atoms with E-state index in [2.05, 4.69) is 0 Å². The third-order valence-electron chi connectivity index (χ3n) is 4.25. The van der Waals surface area contributed by atoms with Crippen LogP contribution in [0.15, 0.2) is 41.3 Å². The highest BCUT2D eigenvalue weighted by Crippen LogP contribution is 2.29. The van der Waals surface area contributed by atoms with Crippen LogP contribution < -0.4 is 4.74 Å². The first-order valence-corrected chi connectivity index (χ1v) is 9.57. The summed E-state index contributed by atoms with van der Waals surface area (Å²) in [5.74, 6) is -1.87. The second-order valence-electron chi connectivity index (χ2n) is 5.92. The van der Waals surface area contributed by atoms with Crippen LogP contribution in [0, 0.1) is 5.82 Å². The molecule has 1 heterocycles. The van der Waals surface area contributed by atoms with Crippen LogP contribution in [0.2, 0.25) is 0 Å². The van der Waals surface area contributed by atoms with Gasteiger partial charge >= 0.3 is 5.97 Å². The largest absolute Gasteiger partial charge is 0.494 e. The highest BCUT2D eigenvalue weighted by atomic mass is 32.2. The summed E-state index contributed by atoms with van der Waals surface area (Å²) in [6.07, 6.45) is 0. The highest BCUT2D eigenvalue weighted by Gasteiger charge is 2.27. The minimum Gasteiger partial charge on any atom is -0.494 e. The predicted octanol–water partition coefficient (Wildman–Crippen LogP) is 2.22. The summed E-state index contributed by atoms with van der Waals surface area (Å²) in [5, 5.41) is 9.37. The van der Waals surface area contributed by atoms with E-state index in [0.717, 1.165) is 6.07 Å². The minimum absolute atomic E-state index is 0.0364. The third kappa shape index (κ3) is 3.95. The molecule has 7 nitrogen and oxygen atoms in total. The van der Waals surface area contributed by atoms with E-state index in [4.69, 9.17) is 9.47 Å². The van der Waals surface area contributed by atoms with Gasteiger partial charge in [0, 0.05) is 13.1 Å².